The Morgan fingerprint density at radius 2 is 2.13 bits per heavy atom. The number of nitrogens with zero attached hydrogens (tertiary/aromatic N) is 1. The van der Waals surface area contributed by atoms with Crippen LogP contribution in [0.4, 0.5) is 5.82 Å². The highest BCUT2D eigenvalue weighted by Crippen LogP contribution is 2.20. The van der Waals surface area contributed by atoms with E-state index in [0.717, 1.165) is 36.5 Å². The Kier molecular flexibility index (Phi) is 4.56. The van der Waals surface area contributed by atoms with Crippen molar-refractivity contribution in [2.45, 2.75) is 39.7 Å². The molecule has 0 bridgehead atoms. The summed E-state index contributed by atoms with van der Waals surface area (Å²) in [6, 6.07) is 3.88. The Labute approximate surface area is 91.5 Å². The minimum atomic E-state index is -0.391. The molecule has 3 heteroatoms. The van der Waals surface area contributed by atoms with Gasteiger partial charge in [-0.2, -0.15) is 0 Å². The van der Waals surface area contributed by atoms with Gasteiger partial charge in [0.15, 0.2) is 0 Å². The van der Waals surface area contributed by atoms with Gasteiger partial charge in [-0.15, -0.1) is 0 Å². The van der Waals surface area contributed by atoms with Crippen molar-refractivity contribution in [1.29, 1.82) is 0 Å². The Bertz CT molecular complexity index is 312. The fraction of sp³-hybridized carbons (Fsp3) is 0.583. The maximum Gasteiger partial charge on any atom is 0.126 e. The van der Waals surface area contributed by atoms with Gasteiger partial charge in [0.1, 0.15) is 5.82 Å². The summed E-state index contributed by atoms with van der Waals surface area (Å²) in [6.45, 7) is 6.95. The first-order valence-electron chi connectivity index (χ1n) is 5.58. The van der Waals surface area contributed by atoms with Crippen LogP contribution < -0.4 is 5.32 Å². The number of hydrogen-bond donors (Lipinski definition) is 2. The predicted octanol–water partition coefficient (Wildman–Crippen LogP) is 2.66. The molecule has 0 spiro atoms. The van der Waals surface area contributed by atoms with E-state index >= 15 is 0 Å². The highest BCUT2D eigenvalue weighted by atomic mass is 16.3. The van der Waals surface area contributed by atoms with Crippen LogP contribution in [0.25, 0.3) is 0 Å². The summed E-state index contributed by atoms with van der Waals surface area (Å²) in [4.78, 5) is 4.41. The van der Waals surface area contributed by atoms with Crippen molar-refractivity contribution in [3.05, 3.63) is 23.4 Å². The van der Waals surface area contributed by atoms with E-state index in [1.807, 2.05) is 26.0 Å². The first-order chi connectivity index (χ1) is 7.19. The third kappa shape index (κ3) is 3.20. The number of anilines is 1. The van der Waals surface area contributed by atoms with Gasteiger partial charge >= 0.3 is 0 Å². The summed E-state index contributed by atoms with van der Waals surface area (Å²) in [6.07, 6.45) is 1.42. The normalized spacial score (nSPS) is 12.5. The largest absolute Gasteiger partial charge is 0.388 e. The van der Waals surface area contributed by atoms with Crippen molar-refractivity contribution >= 4 is 5.82 Å². The quantitative estimate of drug-likeness (QED) is 0.782. The third-order valence-electron chi connectivity index (χ3n) is 2.43. The summed E-state index contributed by atoms with van der Waals surface area (Å²) in [7, 11) is 0. The van der Waals surface area contributed by atoms with Gasteiger partial charge in [0.2, 0.25) is 0 Å². The van der Waals surface area contributed by atoms with E-state index in [0.29, 0.717) is 0 Å². The summed E-state index contributed by atoms with van der Waals surface area (Å²) in [5.74, 6) is 0.890. The second-order valence-electron chi connectivity index (χ2n) is 3.72. The molecular formula is C12H20N2O. The van der Waals surface area contributed by atoms with Crippen molar-refractivity contribution in [3.8, 4) is 0 Å². The Balaban J connectivity index is 2.78. The van der Waals surface area contributed by atoms with E-state index in [4.69, 9.17) is 0 Å². The number of nitrogens with one attached hydrogen (secondary N) is 1. The molecule has 0 aliphatic rings. The van der Waals surface area contributed by atoms with Crippen LogP contribution >= 0.6 is 0 Å². The smallest absolute Gasteiger partial charge is 0.126 e. The van der Waals surface area contributed by atoms with Crippen molar-refractivity contribution in [3.63, 3.8) is 0 Å². The van der Waals surface area contributed by atoms with Crippen molar-refractivity contribution in [2.75, 3.05) is 11.9 Å². The first kappa shape index (κ1) is 12.0. The monoisotopic (exact) mass is 208 g/mol. The van der Waals surface area contributed by atoms with Gasteiger partial charge in [0.25, 0.3) is 0 Å². The summed E-state index contributed by atoms with van der Waals surface area (Å²) < 4.78 is 0. The number of pyridine rings is 1. The minimum Gasteiger partial charge on any atom is -0.388 e. The molecule has 1 rings (SSSR count). The number of aromatic nitrogens is 1. The Morgan fingerprint density at radius 1 is 1.40 bits per heavy atom. The molecule has 3 nitrogen and oxygen atoms in total. The molecule has 0 amide bonds. The molecule has 0 radical (unpaired) electrons. The maximum absolute atomic E-state index is 9.72. The molecule has 1 aromatic heterocycles. The lowest BCUT2D eigenvalue weighted by Crippen LogP contribution is -2.05. The number of rotatable bonds is 5. The van der Waals surface area contributed by atoms with E-state index < -0.39 is 6.10 Å². The fourth-order valence-electron chi connectivity index (χ4n) is 1.50. The summed E-state index contributed by atoms with van der Waals surface area (Å²) >= 11 is 0. The average molecular weight is 208 g/mol. The molecule has 2 N–H and O–H groups in total. The van der Waals surface area contributed by atoms with Gasteiger partial charge in [-0.25, -0.2) is 4.98 Å². The Hall–Kier alpha value is -1.09. The number of aryl methyl sites for hydroxylation is 1. The topological polar surface area (TPSA) is 45.1 Å². The highest BCUT2D eigenvalue weighted by Gasteiger charge is 2.09. The number of aliphatic hydroxyl groups is 1. The van der Waals surface area contributed by atoms with Crippen molar-refractivity contribution < 1.29 is 5.11 Å². The zero-order valence-electron chi connectivity index (χ0n) is 9.75. The Morgan fingerprint density at radius 3 is 2.67 bits per heavy atom. The number of aliphatic hydroxyl groups excluding tert-OH is 1. The molecule has 1 heterocycles. The van der Waals surface area contributed by atoms with Gasteiger partial charge in [-0.1, -0.05) is 19.9 Å². The van der Waals surface area contributed by atoms with E-state index in [1.165, 1.54) is 0 Å². The SMILES string of the molecule is CCCNc1ccc([C@@H](O)CC)c(C)n1. The fourth-order valence-corrected chi connectivity index (χ4v) is 1.50. The van der Waals surface area contributed by atoms with Gasteiger partial charge < -0.3 is 10.4 Å². The van der Waals surface area contributed by atoms with Crippen LogP contribution in [-0.4, -0.2) is 16.6 Å². The lowest BCUT2D eigenvalue weighted by atomic mass is 10.1. The molecule has 1 atom stereocenters. The van der Waals surface area contributed by atoms with Gasteiger partial charge in [0, 0.05) is 17.8 Å². The maximum atomic E-state index is 9.72. The molecule has 0 unspecified atom stereocenters. The van der Waals surface area contributed by atoms with Crippen molar-refractivity contribution in [1.82, 2.24) is 4.98 Å². The molecule has 0 aliphatic heterocycles. The second-order valence-corrected chi connectivity index (χ2v) is 3.72. The van der Waals surface area contributed by atoms with E-state index in [-0.39, 0.29) is 0 Å². The molecule has 1 aromatic rings. The molecule has 0 aromatic carbocycles. The van der Waals surface area contributed by atoms with Gasteiger partial charge in [-0.3, -0.25) is 0 Å². The molecule has 0 aliphatic carbocycles. The second kappa shape index (κ2) is 5.71. The van der Waals surface area contributed by atoms with Crippen LogP contribution in [0, 0.1) is 6.92 Å². The zero-order chi connectivity index (χ0) is 11.3. The summed E-state index contributed by atoms with van der Waals surface area (Å²) in [5.41, 5.74) is 1.84. The van der Waals surface area contributed by atoms with E-state index in [1.54, 1.807) is 0 Å². The highest BCUT2D eigenvalue weighted by molar-refractivity contribution is 5.39. The molecule has 0 fully saturated rings. The standard InChI is InChI=1S/C12H20N2O/c1-4-8-13-12-7-6-10(9(3)14-12)11(15)5-2/h6-7,11,15H,4-5,8H2,1-3H3,(H,13,14)/t11-/m0/s1. The number of hydrogen-bond acceptors (Lipinski definition) is 3. The van der Waals surface area contributed by atoms with E-state index in [2.05, 4.69) is 17.2 Å². The zero-order valence-corrected chi connectivity index (χ0v) is 9.75. The van der Waals surface area contributed by atoms with Crippen LogP contribution in [0.15, 0.2) is 12.1 Å². The average Bonchev–Trinajstić information content (AvgIpc) is 2.25. The van der Waals surface area contributed by atoms with E-state index in [9.17, 15) is 5.11 Å². The van der Waals surface area contributed by atoms with Crippen LogP contribution in [-0.2, 0) is 0 Å². The lowest BCUT2D eigenvalue weighted by Gasteiger charge is -2.12. The first-order valence-corrected chi connectivity index (χ1v) is 5.58. The third-order valence-corrected chi connectivity index (χ3v) is 2.43. The molecule has 84 valence electrons. The molecule has 0 saturated carbocycles. The minimum absolute atomic E-state index is 0.391. The molecule has 15 heavy (non-hydrogen) atoms. The van der Waals surface area contributed by atoms with Gasteiger partial charge in [-0.05, 0) is 25.8 Å². The molecular weight excluding hydrogens is 188 g/mol. The summed E-state index contributed by atoms with van der Waals surface area (Å²) in [5, 5.41) is 12.9. The predicted molar refractivity (Wildman–Crippen MR) is 63.0 cm³/mol. The molecule has 0 saturated heterocycles. The van der Waals surface area contributed by atoms with Crippen LogP contribution in [0.5, 0.6) is 0 Å². The van der Waals surface area contributed by atoms with Crippen LogP contribution in [0.1, 0.15) is 44.1 Å². The lowest BCUT2D eigenvalue weighted by molar-refractivity contribution is 0.172. The van der Waals surface area contributed by atoms with Crippen LogP contribution in [0.2, 0.25) is 0 Å². The van der Waals surface area contributed by atoms with Gasteiger partial charge in [0.05, 0.1) is 6.10 Å². The van der Waals surface area contributed by atoms with Crippen molar-refractivity contribution in [2.24, 2.45) is 0 Å². The van der Waals surface area contributed by atoms with Crippen LogP contribution in [0.3, 0.4) is 0 Å².